The van der Waals surface area contributed by atoms with Gasteiger partial charge in [0.05, 0.1) is 21.9 Å². The van der Waals surface area contributed by atoms with Crippen LogP contribution in [0.1, 0.15) is 65.9 Å². The Morgan fingerprint density at radius 3 is 1.67 bits per heavy atom. The monoisotopic (exact) mass is 902 g/mol. The van der Waals surface area contributed by atoms with Crippen LogP contribution in [-0.4, -0.2) is 118 Å². The number of rotatable bonds is 21. The maximum absolute atomic E-state index is 12.1. The van der Waals surface area contributed by atoms with Gasteiger partial charge in [0.15, 0.2) is 22.9 Å². The molecule has 4 aromatic rings. The van der Waals surface area contributed by atoms with Crippen molar-refractivity contribution in [3.63, 3.8) is 0 Å². The molecule has 6 heterocycles. The molecular formula is C38H50N10O8S4. The lowest BCUT2D eigenvalue weighted by atomic mass is 10.1. The van der Waals surface area contributed by atoms with Gasteiger partial charge in [-0.25, -0.2) is 26.7 Å². The van der Waals surface area contributed by atoms with E-state index in [1.165, 1.54) is 28.7 Å². The van der Waals surface area contributed by atoms with E-state index in [-0.39, 0.29) is 36.2 Å². The smallest absolute Gasteiger partial charge is 0.273 e. The minimum atomic E-state index is -3.39. The number of primary sulfonamides is 1. The van der Waals surface area contributed by atoms with Crippen LogP contribution in [0.5, 0.6) is 0 Å². The molecule has 2 amide bonds. The third-order valence-corrected chi connectivity index (χ3v) is 14.0. The van der Waals surface area contributed by atoms with Crippen molar-refractivity contribution < 1.29 is 35.5 Å². The van der Waals surface area contributed by atoms with Crippen molar-refractivity contribution in [3.8, 4) is 33.4 Å². The second kappa shape index (κ2) is 24.5. The first-order valence-corrected chi connectivity index (χ1v) is 24.2. The summed E-state index contributed by atoms with van der Waals surface area (Å²) in [7, 11) is -6.71. The van der Waals surface area contributed by atoms with Gasteiger partial charge in [-0.05, 0) is 61.7 Å². The molecule has 0 bridgehead atoms. The first kappa shape index (κ1) is 47.9. The van der Waals surface area contributed by atoms with Crippen LogP contribution < -0.4 is 20.5 Å². The summed E-state index contributed by atoms with van der Waals surface area (Å²) in [5.41, 5.74) is 0.553. The number of nitrogens with two attached hydrogens (primary N) is 1. The second-order valence-corrected chi connectivity index (χ2v) is 19.6. The highest BCUT2D eigenvalue weighted by Crippen LogP contribution is 2.26. The highest BCUT2D eigenvalue weighted by molar-refractivity contribution is 7.90. The number of nitrogens with zero attached hydrogens (tertiary/aromatic N) is 6. The Labute approximate surface area is 358 Å². The number of aromatic nitrogens is 2. The molecule has 0 saturated carbocycles. The molecule has 60 heavy (non-hydrogen) atoms. The number of hydrogen-bond donors (Lipinski definition) is 4. The summed E-state index contributed by atoms with van der Waals surface area (Å²) in [5, 5.41) is 37.5. The van der Waals surface area contributed by atoms with Crippen LogP contribution in [0, 0.1) is 22.7 Å². The van der Waals surface area contributed by atoms with Crippen molar-refractivity contribution in [1.82, 2.24) is 35.5 Å². The number of likely N-dealkylation sites (tertiary alicyclic amines) is 2. The standard InChI is InChI=1S/C19H25N5O4S2.C16H22N4O4S2.C3H3N/c20-7-5-9-22-30(26,27)15-13-24(14-15)10-3-1-2-8-21-19(25)16-12-17(28-23-16)18-6-4-11-29-18;17-26(22,23)12-10-20(11-12)7-3-1-2-6-18-16(21)13-9-14(24-19-13)15-5-4-8-25-15;1-2-3-4/h4,6,11-12,15,22H,1-3,5,8-10,13-14H2,(H,21,25);4-5,8-9,12H,1-3,6-7,10-11H2,(H,18,21)(H2,17,22,23);2H,1H2. The Hall–Kier alpha value is -4.78. The first-order valence-electron chi connectivity index (χ1n) is 19.2. The van der Waals surface area contributed by atoms with E-state index in [0.717, 1.165) is 61.4 Å². The van der Waals surface area contributed by atoms with Crippen molar-refractivity contribution in [2.75, 3.05) is 58.9 Å². The molecule has 0 spiro atoms. The Morgan fingerprint density at radius 1 is 0.800 bits per heavy atom. The number of unbranched alkanes of at least 4 members (excludes halogenated alkanes) is 4. The third kappa shape index (κ3) is 15.7. The molecule has 18 nitrogen and oxygen atoms in total. The predicted octanol–water partition coefficient (Wildman–Crippen LogP) is 3.79. The molecule has 2 aliphatic rings. The van der Waals surface area contributed by atoms with E-state index < -0.39 is 30.5 Å². The molecule has 4 aromatic heterocycles. The van der Waals surface area contributed by atoms with Gasteiger partial charge in [-0.2, -0.15) is 10.5 Å². The predicted molar refractivity (Wildman–Crippen MR) is 229 cm³/mol. The lowest BCUT2D eigenvalue weighted by Crippen LogP contribution is -2.57. The SMILES string of the molecule is C=CC#N.N#CCCNS(=O)(=O)C1CN(CCCCCNC(=O)c2cc(-c3cccs3)on2)C1.NS(=O)(=O)C1CN(CCCCCNC(=O)c2cc(-c3cccs3)on2)C1. The number of thiophene rings is 2. The summed E-state index contributed by atoms with van der Waals surface area (Å²) in [4.78, 5) is 30.2. The van der Waals surface area contributed by atoms with Crippen LogP contribution in [0.4, 0.5) is 0 Å². The van der Waals surface area contributed by atoms with Gasteiger partial charge in [0, 0.05) is 70.4 Å². The summed E-state index contributed by atoms with van der Waals surface area (Å²) in [6.45, 7) is 8.20. The minimum Gasteiger partial charge on any atom is -0.355 e. The zero-order valence-electron chi connectivity index (χ0n) is 33.0. The van der Waals surface area contributed by atoms with Gasteiger partial charge in [-0.15, -0.1) is 22.7 Å². The first-order chi connectivity index (χ1) is 28.8. The lowest BCUT2D eigenvalue weighted by molar-refractivity contribution is 0.0935. The number of carbonyl (C=O) groups excluding carboxylic acids is 2. The Bertz CT molecular complexity index is 2230. The summed E-state index contributed by atoms with van der Waals surface area (Å²) >= 11 is 3.05. The van der Waals surface area contributed by atoms with Gasteiger partial charge in [0.1, 0.15) is 10.5 Å². The van der Waals surface area contributed by atoms with E-state index in [9.17, 15) is 26.4 Å². The number of amides is 2. The minimum absolute atomic E-state index is 0.171. The summed E-state index contributed by atoms with van der Waals surface area (Å²) in [6, 6.07) is 14.6. The summed E-state index contributed by atoms with van der Waals surface area (Å²) in [6.07, 6.45) is 6.85. The highest BCUT2D eigenvalue weighted by atomic mass is 32.2. The highest BCUT2D eigenvalue weighted by Gasteiger charge is 2.36. The van der Waals surface area contributed by atoms with E-state index in [1.54, 1.807) is 18.2 Å². The van der Waals surface area contributed by atoms with Gasteiger partial charge < -0.3 is 29.5 Å². The molecule has 6 rings (SSSR count). The number of carbonyl (C=O) groups is 2. The quantitative estimate of drug-likeness (QED) is 0.0685. The Balaban J connectivity index is 0.000000245. The molecule has 0 atom stereocenters. The molecule has 2 aliphatic heterocycles. The maximum Gasteiger partial charge on any atom is 0.273 e. The van der Waals surface area contributed by atoms with Crippen molar-refractivity contribution in [1.29, 1.82) is 10.5 Å². The fraction of sp³-hybridized carbons (Fsp3) is 0.474. The zero-order valence-corrected chi connectivity index (χ0v) is 36.3. The summed E-state index contributed by atoms with van der Waals surface area (Å²) < 4.78 is 59.1. The lowest BCUT2D eigenvalue weighted by Gasteiger charge is -2.38. The van der Waals surface area contributed by atoms with E-state index >= 15 is 0 Å². The van der Waals surface area contributed by atoms with E-state index in [4.69, 9.17) is 24.7 Å². The van der Waals surface area contributed by atoms with Gasteiger partial charge in [-0.1, -0.05) is 41.9 Å². The van der Waals surface area contributed by atoms with E-state index in [2.05, 4.69) is 42.0 Å². The molecule has 0 aliphatic carbocycles. The van der Waals surface area contributed by atoms with Gasteiger partial charge in [0.25, 0.3) is 11.8 Å². The van der Waals surface area contributed by atoms with Crippen molar-refractivity contribution in [2.45, 2.75) is 55.4 Å². The van der Waals surface area contributed by atoms with Crippen LogP contribution in [0.25, 0.3) is 21.3 Å². The van der Waals surface area contributed by atoms with Gasteiger partial charge in [-0.3, -0.25) is 9.59 Å². The topological polar surface area (TPSA) is 271 Å². The molecule has 324 valence electrons. The molecule has 2 saturated heterocycles. The van der Waals surface area contributed by atoms with Crippen molar-refractivity contribution in [2.24, 2.45) is 5.14 Å². The molecular weight excluding hydrogens is 853 g/mol. The largest absolute Gasteiger partial charge is 0.355 e. The maximum atomic E-state index is 12.1. The third-order valence-electron chi connectivity index (χ3n) is 9.27. The summed E-state index contributed by atoms with van der Waals surface area (Å²) in [5.74, 6) is 0.694. The molecule has 2 fully saturated rings. The number of nitrogens with one attached hydrogen (secondary N) is 3. The normalized spacial score (nSPS) is 14.5. The van der Waals surface area contributed by atoms with Crippen LogP contribution in [-0.2, 0) is 20.0 Å². The average Bonchev–Trinajstić information content (AvgIpc) is 4.03. The Kier molecular flexibility index (Phi) is 19.5. The van der Waals surface area contributed by atoms with Crippen LogP contribution >= 0.6 is 22.7 Å². The van der Waals surface area contributed by atoms with Crippen molar-refractivity contribution >= 4 is 54.5 Å². The number of nitriles is 2. The fourth-order valence-corrected chi connectivity index (χ4v) is 9.49. The van der Waals surface area contributed by atoms with Crippen LogP contribution in [0.15, 0.2) is 68.9 Å². The number of allylic oxidation sites excluding steroid dienone is 1. The second-order valence-electron chi connectivity index (χ2n) is 13.8. The molecule has 0 aromatic carbocycles. The zero-order chi connectivity index (χ0) is 43.4. The molecule has 0 radical (unpaired) electrons. The van der Waals surface area contributed by atoms with Crippen molar-refractivity contribution in [3.05, 3.63) is 71.2 Å². The molecule has 5 N–H and O–H groups in total. The molecule has 22 heteroatoms. The average molecular weight is 903 g/mol. The van der Waals surface area contributed by atoms with E-state index in [1.807, 2.05) is 41.1 Å². The Morgan fingerprint density at radius 2 is 1.27 bits per heavy atom. The van der Waals surface area contributed by atoms with Gasteiger partial charge >= 0.3 is 0 Å². The van der Waals surface area contributed by atoms with Crippen LogP contribution in [0.2, 0.25) is 0 Å². The fourth-order valence-electron chi connectivity index (χ4n) is 5.87. The number of sulfonamides is 2. The van der Waals surface area contributed by atoms with Crippen LogP contribution in [0.3, 0.4) is 0 Å². The van der Waals surface area contributed by atoms with Gasteiger partial charge in [0.2, 0.25) is 20.0 Å². The molecule has 0 unspecified atom stereocenters. The number of hydrogen-bond acceptors (Lipinski definition) is 16. The van der Waals surface area contributed by atoms with E-state index in [0.29, 0.717) is 50.8 Å².